The molecule has 1 rings (SSSR count). The maximum Gasteiger partial charge on any atom is 0.265 e. The van der Waals surface area contributed by atoms with Crippen LogP contribution in [0.2, 0.25) is 0 Å². The summed E-state index contributed by atoms with van der Waals surface area (Å²) in [6.07, 6.45) is 0. The quantitative estimate of drug-likeness (QED) is 0.218. The van der Waals surface area contributed by atoms with Crippen molar-refractivity contribution in [3.63, 3.8) is 0 Å². The Hall–Kier alpha value is -1.56. The number of nitrogens with one attached hydrogen (secondary N) is 1. The zero-order chi connectivity index (χ0) is 11.3. The largest absolute Gasteiger partial charge is 0.290 e. The minimum absolute atomic E-state index is 0.238. The highest BCUT2D eigenvalue weighted by atomic mass is 79.9. The zero-order valence-corrected chi connectivity index (χ0v) is 9.23. The second-order valence-corrected chi connectivity index (χ2v) is 3.52. The number of azide groups is 1. The number of carbonyl (C=O) groups excluding carboxylic acids is 1. The molecule has 0 aliphatic carbocycles. The molecule has 0 bridgehead atoms. The van der Waals surface area contributed by atoms with Gasteiger partial charge in [-0.05, 0) is 23.2 Å². The average Bonchev–Trinajstić information content (AvgIpc) is 2.26. The van der Waals surface area contributed by atoms with E-state index in [9.17, 15) is 4.79 Å². The summed E-state index contributed by atoms with van der Waals surface area (Å²) in [4.78, 5) is 13.8. The molecular weight excluding hydrogens is 262 g/mol. The van der Waals surface area contributed by atoms with Gasteiger partial charge in [0.2, 0.25) is 0 Å². The van der Waals surface area contributed by atoms with Gasteiger partial charge in [-0.15, -0.1) is 0 Å². The first kappa shape index (κ1) is 11.5. The molecule has 0 aromatic heterocycles. The lowest BCUT2D eigenvalue weighted by Gasteiger charge is -2.03. The van der Waals surface area contributed by atoms with E-state index in [0.29, 0.717) is 10.0 Å². The third kappa shape index (κ3) is 2.95. The van der Waals surface area contributed by atoms with Crippen LogP contribution >= 0.6 is 15.9 Å². The maximum absolute atomic E-state index is 11.2. The van der Waals surface area contributed by atoms with Gasteiger partial charge in [-0.25, -0.2) is 5.84 Å². The van der Waals surface area contributed by atoms with Crippen molar-refractivity contribution >= 4 is 21.8 Å². The Kier molecular flexibility index (Phi) is 4.11. The summed E-state index contributed by atoms with van der Waals surface area (Å²) >= 11 is 3.27. The summed E-state index contributed by atoms with van der Waals surface area (Å²) in [5.74, 6) is 4.62. The molecule has 0 aliphatic heterocycles. The number of benzene rings is 1. The van der Waals surface area contributed by atoms with Crippen molar-refractivity contribution in [3.05, 3.63) is 44.2 Å². The van der Waals surface area contributed by atoms with Crippen molar-refractivity contribution in [3.8, 4) is 0 Å². The highest BCUT2D eigenvalue weighted by molar-refractivity contribution is 9.10. The van der Waals surface area contributed by atoms with Crippen molar-refractivity contribution in [2.24, 2.45) is 11.0 Å². The zero-order valence-electron chi connectivity index (χ0n) is 7.64. The summed E-state index contributed by atoms with van der Waals surface area (Å²) in [6.45, 7) is 0.238. The third-order valence-corrected chi connectivity index (χ3v) is 2.49. The average molecular weight is 270 g/mol. The van der Waals surface area contributed by atoms with Crippen LogP contribution in [0.4, 0.5) is 0 Å². The lowest BCUT2D eigenvalue weighted by atomic mass is 10.1. The van der Waals surface area contributed by atoms with E-state index in [1.165, 1.54) is 0 Å². The molecule has 6 nitrogen and oxygen atoms in total. The number of hydrogen-bond acceptors (Lipinski definition) is 3. The molecule has 7 heteroatoms. The van der Waals surface area contributed by atoms with E-state index >= 15 is 0 Å². The molecule has 0 spiro atoms. The molecule has 78 valence electrons. The molecule has 0 aliphatic rings. The number of nitrogens with zero attached hydrogens (tertiary/aromatic N) is 3. The summed E-state index contributed by atoms with van der Waals surface area (Å²) in [5.41, 5.74) is 11.4. The van der Waals surface area contributed by atoms with E-state index in [0.717, 1.165) is 5.56 Å². The van der Waals surface area contributed by atoms with Gasteiger partial charge in [0.05, 0.1) is 6.54 Å². The number of nitrogen functional groups attached to an aromatic ring is 1. The van der Waals surface area contributed by atoms with E-state index < -0.39 is 0 Å². The Bertz CT molecular complexity index is 427. The van der Waals surface area contributed by atoms with Crippen molar-refractivity contribution in [2.45, 2.75) is 6.54 Å². The summed E-state index contributed by atoms with van der Waals surface area (Å²) in [5, 5.41) is 3.42. The maximum atomic E-state index is 11.2. The highest BCUT2D eigenvalue weighted by Crippen LogP contribution is 2.19. The monoisotopic (exact) mass is 269 g/mol. The molecule has 0 heterocycles. The smallest absolute Gasteiger partial charge is 0.265 e. The Morgan fingerprint density at radius 1 is 1.67 bits per heavy atom. The molecule has 1 amide bonds. The molecule has 0 saturated heterocycles. The van der Waals surface area contributed by atoms with Crippen LogP contribution in [-0.2, 0) is 6.54 Å². The molecule has 0 atom stereocenters. The van der Waals surface area contributed by atoms with Crippen molar-refractivity contribution in [1.29, 1.82) is 0 Å². The fourth-order valence-electron chi connectivity index (χ4n) is 1.01. The van der Waals surface area contributed by atoms with Gasteiger partial charge in [0, 0.05) is 14.9 Å². The first-order chi connectivity index (χ1) is 7.19. The summed E-state index contributed by atoms with van der Waals surface area (Å²) < 4.78 is 0.705. The summed E-state index contributed by atoms with van der Waals surface area (Å²) in [7, 11) is 0. The van der Waals surface area contributed by atoms with E-state index in [-0.39, 0.29) is 12.5 Å². The fraction of sp³-hybridized carbons (Fsp3) is 0.125. The lowest BCUT2D eigenvalue weighted by Crippen LogP contribution is -2.29. The minimum Gasteiger partial charge on any atom is -0.290 e. The van der Waals surface area contributed by atoms with Crippen LogP contribution in [0.5, 0.6) is 0 Å². The standard InChI is InChI=1S/C8H8BrN5O/c9-7-3-5(8(15)13-10)1-2-6(7)4-12-14-11/h1-3H,4,10H2,(H,13,15). The lowest BCUT2D eigenvalue weighted by molar-refractivity contribution is 0.0953. The van der Waals surface area contributed by atoms with Crippen LogP contribution in [0.25, 0.3) is 10.4 Å². The fourth-order valence-corrected chi connectivity index (χ4v) is 1.51. The molecular formula is C8H8BrN5O. The van der Waals surface area contributed by atoms with Crippen LogP contribution in [0.3, 0.4) is 0 Å². The number of halogens is 1. The Morgan fingerprint density at radius 2 is 2.40 bits per heavy atom. The molecule has 15 heavy (non-hydrogen) atoms. The van der Waals surface area contributed by atoms with Crippen molar-refractivity contribution < 1.29 is 4.79 Å². The molecule has 0 saturated carbocycles. The molecule has 0 fully saturated rings. The van der Waals surface area contributed by atoms with Gasteiger partial charge in [0.1, 0.15) is 0 Å². The van der Waals surface area contributed by atoms with Crippen LogP contribution in [0.15, 0.2) is 27.8 Å². The minimum atomic E-state index is -0.369. The third-order valence-electron chi connectivity index (χ3n) is 1.75. The first-order valence-electron chi connectivity index (χ1n) is 3.99. The molecule has 1 aromatic rings. The van der Waals surface area contributed by atoms with Gasteiger partial charge < -0.3 is 0 Å². The van der Waals surface area contributed by atoms with Crippen LogP contribution < -0.4 is 11.3 Å². The van der Waals surface area contributed by atoms with Crippen LogP contribution in [-0.4, -0.2) is 5.91 Å². The number of carbonyl (C=O) groups is 1. The normalized spacial score (nSPS) is 9.20. The van der Waals surface area contributed by atoms with E-state index in [4.69, 9.17) is 11.4 Å². The van der Waals surface area contributed by atoms with Gasteiger partial charge in [-0.3, -0.25) is 10.2 Å². The van der Waals surface area contributed by atoms with Crippen molar-refractivity contribution in [2.75, 3.05) is 0 Å². The number of hydrazine groups is 1. The van der Waals surface area contributed by atoms with Gasteiger partial charge >= 0.3 is 0 Å². The first-order valence-corrected chi connectivity index (χ1v) is 4.78. The second-order valence-electron chi connectivity index (χ2n) is 2.67. The van der Waals surface area contributed by atoms with Gasteiger partial charge in [-0.2, -0.15) is 0 Å². The second kappa shape index (κ2) is 5.35. The predicted octanol–water partition coefficient (Wildman–Crippen LogP) is 1.86. The Balaban J connectivity index is 2.97. The van der Waals surface area contributed by atoms with E-state index in [1.807, 2.05) is 5.43 Å². The van der Waals surface area contributed by atoms with E-state index in [1.54, 1.807) is 18.2 Å². The molecule has 1 aromatic carbocycles. The topological polar surface area (TPSA) is 104 Å². The van der Waals surface area contributed by atoms with Crippen molar-refractivity contribution in [1.82, 2.24) is 5.43 Å². The number of hydrogen-bond donors (Lipinski definition) is 2. The van der Waals surface area contributed by atoms with Crippen LogP contribution in [0, 0.1) is 0 Å². The highest BCUT2D eigenvalue weighted by Gasteiger charge is 2.06. The Labute approximate surface area is 94.2 Å². The summed E-state index contributed by atoms with van der Waals surface area (Å²) in [6, 6.07) is 4.92. The molecule has 0 unspecified atom stereocenters. The van der Waals surface area contributed by atoms with Gasteiger partial charge in [-0.1, -0.05) is 27.1 Å². The van der Waals surface area contributed by atoms with Gasteiger partial charge in [0.25, 0.3) is 5.91 Å². The van der Waals surface area contributed by atoms with E-state index in [2.05, 4.69) is 26.0 Å². The predicted molar refractivity (Wildman–Crippen MR) is 58.6 cm³/mol. The van der Waals surface area contributed by atoms with Crippen LogP contribution in [0.1, 0.15) is 15.9 Å². The molecule has 0 radical (unpaired) electrons. The Morgan fingerprint density at radius 3 is 2.93 bits per heavy atom. The number of amides is 1. The SMILES string of the molecule is [N-]=[N+]=NCc1ccc(C(=O)NN)cc1Br. The molecule has 3 N–H and O–H groups in total. The van der Waals surface area contributed by atoms with Gasteiger partial charge in [0.15, 0.2) is 0 Å². The number of rotatable bonds is 3. The number of nitrogens with two attached hydrogens (primary N) is 1.